The standard InChI is InChI=1S/C34H44N4O2/c1-24-22-25(2)31-32(26(24)3)40-34(4,5)33(31)37-20-21-38(28-10-8-7-9-11-28)30(23-37)36-18-16-35(17-19-36)27-12-14-29(39-6)15-13-27/h7-15,22,30,33H,16-21,23H2,1-6H3. The number of anilines is 2. The first-order valence-electron chi connectivity index (χ1n) is 14.8. The highest BCUT2D eigenvalue weighted by Crippen LogP contribution is 2.50. The zero-order chi connectivity index (χ0) is 28.0. The van der Waals surface area contributed by atoms with E-state index in [2.05, 4.69) is 115 Å². The fraction of sp³-hybridized carbons (Fsp3) is 0.471. The molecule has 6 heteroatoms. The van der Waals surface area contributed by atoms with Crippen LogP contribution in [0.5, 0.6) is 11.5 Å². The molecule has 6 rings (SSSR count). The summed E-state index contributed by atoms with van der Waals surface area (Å²) >= 11 is 0. The van der Waals surface area contributed by atoms with Gasteiger partial charge in [-0.2, -0.15) is 0 Å². The number of rotatable bonds is 5. The minimum absolute atomic E-state index is 0.239. The molecule has 0 spiro atoms. The molecular formula is C34H44N4O2. The zero-order valence-corrected chi connectivity index (χ0v) is 25.0. The lowest BCUT2D eigenvalue weighted by Gasteiger charge is -2.52. The lowest BCUT2D eigenvalue weighted by atomic mass is 9.87. The van der Waals surface area contributed by atoms with Gasteiger partial charge in [0.1, 0.15) is 17.1 Å². The van der Waals surface area contributed by atoms with Crippen LogP contribution in [-0.2, 0) is 0 Å². The molecule has 3 heterocycles. The van der Waals surface area contributed by atoms with Crippen molar-refractivity contribution in [3.63, 3.8) is 0 Å². The van der Waals surface area contributed by atoms with E-state index in [1.54, 1.807) is 7.11 Å². The van der Waals surface area contributed by atoms with Crippen LogP contribution < -0.4 is 19.3 Å². The molecule has 3 aliphatic heterocycles. The first-order valence-corrected chi connectivity index (χ1v) is 14.8. The third-order valence-corrected chi connectivity index (χ3v) is 9.34. The number of piperazine rings is 2. The number of aryl methyl sites for hydroxylation is 2. The second-order valence-electron chi connectivity index (χ2n) is 12.2. The van der Waals surface area contributed by atoms with Gasteiger partial charge in [-0.25, -0.2) is 0 Å². The zero-order valence-electron chi connectivity index (χ0n) is 25.0. The summed E-state index contributed by atoms with van der Waals surface area (Å²) in [4.78, 5) is 10.6. The van der Waals surface area contributed by atoms with Crippen LogP contribution in [0.1, 0.15) is 42.1 Å². The Morgan fingerprint density at radius 2 is 1.45 bits per heavy atom. The van der Waals surface area contributed by atoms with Crippen LogP contribution in [0.15, 0.2) is 60.7 Å². The average Bonchev–Trinajstić information content (AvgIpc) is 3.28. The highest BCUT2D eigenvalue weighted by atomic mass is 16.5. The lowest BCUT2D eigenvalue weighted by molar-refractivity contribution is 0.000554. The number of hydrogen-bond acceptors (Lipinski definition) is 6. The maximum absolute atomic E-state index is 6.74. The Morgan fingerprint density at radius 3 is 2.12 bits per heavy atom. The molecule has 3 aromatic carbocycles. The highest BCUT2D eigenvalue weighted by Gasteiger charge is 2.48. The van der Waals surface area contributed by atoms with E-state index >= 15 is 0 Å². The van der Waals surface area contributed by atoms with E-state index in [1.807, 2.05) is 0 Å². The van der Waals surface area contributed by atoms with Crippen molar-refractivity contribution in [2.75, 3.05) is 62.7 Å². The maximum Gasteiger partial charge on any atom is 0.128 e. The van der Waals surface area contributed by atoms with E-state index in [0.29, 0.717) is 6.17 Å². The van der Waals surface area contributed by atoms with Gasteiger partial charge in [0.15, 0.2) is 0 Å². The molecule has 3 aromatic rings. The van der Waals surface area contributed by atoms with Crippen molar-refractivity contribution in [1.82, 2.24) is 9.80 Å². The first-order chi connectivity index (χ1) is 19.3. The van der Waals surface area contributed by atoms with E-state index < -0.39 is 0 Å². The minimum atomic E-state index is -0.280. The molecule has 0 aliphatic carbocycles. The lowest BCUT2D eigenvalue weighted by Crippen LogP contribution is -2.65. The van der Waals surface area contributed by atoms with Crippen LogP contribution in [0.2, 0.25) is 0 Å². The predicted octanol–water partition coefficient (Wildman–Crippen LogP) is 5.80. The molecule has 2 saturated heterocycles. The number of nitrogens with zero attached hydrogens (tertiary/aromatic N) is 4. The van der Waals surface area contributed by atoms with Crippen molar-refractivity contribution in [1.29, 1.82) is 0 Å². The SMILES string of the molecule is COc1ccc(N2CCN(C3CN(C4c5c(C)cc(C)c(C)c5OC4(C)C)CCN3c3ccccc3)CC2)cc1. The second kappa shape index (κ2) is 10.6. The van der Waals surface area contributed by atoms with Crippen molar-refractivity contribution in [3.05, 3.63) is 82.9 Å². The summed E-state index contributed by atoms with van der Waals surface area (Å²) in [6.07, 6.45) is 0.306. The van der Waals surface area contributed by atoms with Crippen molar-refractivity contribution >= 4 is 11.4 Å². The third-order valence-electron chi connectivity index (χ3n) is 9.34. The number of ether oxygens (including phenoxy) is 2. The molecule has 0 bridgehead atoms. The van der Waals surface area contributed by atoms with E-state index in [-0.39, 0.29) is 11.6 Å². The van der Waals surface area contributed by atoms with Gasteiger partial charge in [-0.3, -0.25) is 9.80 Å². The minimum Gasteiger partial charge on any atom is -0.497 e. The summed E-state index contributed by atoms with van der Waals surface area (Å²) in [5.41, 5.74) is 7.65. The molecular weight excluding hydrogens is 496 g/mol. The fourth-order valence-corrected chi connectivity index (χ4v) is 7.15. The molecule has 212 valence electrons. The van der Waals surface area contributed by atoms with Crippen LogP contribution in [-0.4, -0.2) is 74.5 Å². The van der Waals surface area contributed by atoms with E-state index in [1.165, 1.54) is 33.6 Å². The molecule has 3 aliphatic rings. The molecule has 6 nitrogen and oxygen atoms in total. The van der Waals surface area contributed by atoms with Crippen LogP contribution in [0.4, 0.5) is 11.4 Å². The number of para-hydroxylation sites is 1. The highest BCUT2D eigenvalue weighted by molar-refractivity contribution is 5.55. The average molecular weight is 541 g/mol. The van der Waals surface area contributed by atoms with Gasteiger partial charge >= 0.3 is 0 Å². The second-order valence-corrected chi connectivity index (χ2v) is 12.2. The summed E-state index contributed by atoms with van der Waals surface area (Å²) in [7, 11) is 1.72. The van der Waals surface area contributed by atoms with Gasteiger partial charge in [-0.15, -0.1) is 0 Å². The van der Waals surface area contributed by atoms with Crippen molar-refractivity contribution in [2.45, 2.75) is 52.4 Å². The summed E-state index contributed by atoms with van der Waals surface area (Å²) in [5.74, 6) is 2.02. The molecule has 0 aromatic heterocycles. The largest absolute Gasteiger partial charge is 0.497 e. The van der Waals surface area contributed by atoms with E-state index in [4.69, 9.17) is 9.47 Å². The van der Waals surface area contributed by atoms with Crippen molar-refractivity contribution < 1.29 is 9.47 Å². The Hall–Kier alpha value is -3.22. The predicted molar refractivity (Wildman–Crippen MR) is 164 cm³/mol. The topological polar surface area (TPSA) is 31.4 Å². The van der Waals surface area contributed by atoms with Crippen molar-refractivity contribution in [2.24, 2.45) is 0 Å². The molecule has 0 N–H and O–H groups in total. The van der Waals surface area contributed by atoms with E-state index in [0.717, 1.165) is 57.3 Å². The van der Waals surface area contributed by atoms with Gasteiger partial charge in [0.25, 0.3) is 0 Å². The summed E-state index contributed by atoms with van der Waals surface area (Å²) in [6, 6.07) is 22.1. The van der Waals surface area contributed by atoms with Gasteiger partial charge < -0.3 is 19.3 Å². The van der Waals surface area contributed by atoms with Gasteiger partial charge in [-0.1, -0.05) is 24.3 Å². The van der Waals surface area contributed by atoms with E-state index in [9.17, 15) is 0 Å². The molecule has 40 heavy (non-hydrogen) atoms. The summed E-state index contributed by atoms with van der Waals surface area (Å²) < 4.78 is 12.1. The number of hydrogen-bond donors (Lipinski definition) is 0. The first kappa shape index (κ1) is 27.0. The number of methoxy groups -OCH3 is 1. The van der Waals surface area contributed by atoms with Gasteiger partial charge in [-0.05, 0) is 87.7 Å². The molecule has 2 unspecified atom stereocenters. The molecule has 2 fully saturated rings. The van der Waals surface area contributed by atoms with Crippen LogP contribution in [0.25, 0.3) is 0 Å². The molecule has 0 saturated carbocycles. The smallest absolute Gasteiger partial charge is 0.128 e. The Kier molecular flexibility index (Phi) is 7.18. The Labute approximate surface area is 240 Å². The third kappa shape index (κ3) is 4.82. The Bertz CT molecular complexity index is 1330. The summed E-state index contributed by atoms with van der Waals surface area (Å²) in [6.45, 7) is 18.3. The van der Waals surface area contributed by atoms with Crippen molar-refractivity contribution in [3.8, 4) is 11.5 Å². The fourth-order valence-electron chi connectivity index (χ4n) is 7.15. The van der Waals surface area contributed by atoms with Crippen LogP contribution >= 0.6 is 0 Å². The molecule has 0 amide bonds. The Balaban J connectivity index is 1.27. The van der Waals surface area contributed by atoms with Gasteiger partial charge in [0.2, 0.25) is 0 Å². The van der Waals surface area contributed by atoms with Gasteiger partial charge in [0, 0.05) is 62.8 Å². The molecule has 0 radical (unpaired) electrons. The van der Waals surface area contributed by atoms with Crippen LogP contribution in [0, 0.1) is 20.8 Å². The van der Waals surface area contributed by atoms with Gasteiger partial charge in [0.05, 0.1) is 19.3 Å². The van der Waals surface area contributed by atoms with Crippen LogP contribution in [0.3, 0.4) is 0 Å². The summed E-state index contributed by atoms with van der Waals surface area (Å²) in [5, 5.41) is 0. The Morgan fingerprint density at radius 1 is 0.775 bits per heavy atom. The number of benzene rings is 3. The monoisotopic (exact) mass is 540 g/mol. The number of fused-ring (bicyclic) bond motifs is 1. The normalized spacial score (nSPS) is 23.1. The quantitative estimate of drug-likeness (QED) is 0.407. The molecule has 2 atom stereocenters. The maximum atomic E-state index is 6.74.